The average molecular weight is 201 g/mol. The summed E-state index contributed by atoms with van der Waals surface area (Å²) in [6, 6.07) is 0. The maximum absolute atomic E-state index is 5.63. The van der Waals surface area contributed by atoms with Gasteiger partial charge < -0.3 is 10.5 Å². The molecule has 0 aliphatic carbocycles. The Kier molecular flexibility index (Phi) is 2.28. The van der Waals surface area contributed by atoms with E-state index in [1.54, 1.807) is 0 Å². The summed E-state index contributed by atoms with van der Waals surface area (Å²) in [6.45, 7) is 0.744. The normalized spacial score (nSPS) is 22.1. The van der Waals surface area contributed by atoms with Gasteiger partial charge in [0.1, 0.15) is 6.10 Å². The van der Waals surface area contributed by atoms with Crippen LogP contribution in [0.15, 0.2) is 0 Å². The molecule has 1 aliphatic rings. The van der Waals surface area contributed by atoms with Gasteiger partial charge in [-0.2, -0.15) is 15.0 Å². The summed E-state index contributed by atoms with van der Waals surface area (Å²) in [7, 11) is 0. The highest BCUT2D eigenvalue weighted by molar-refractivity contribution is 6.28. The fourth-order valence-corrected chi connectivity index (χ4v) is 1.48. The van der Waals surface area contributed by atoms with Crippen LogP contribution in [0.2, 0.25) is 5.28 Å². The van der Waals surface area contributed by atoms with Gasteiger partial charge in [-0.1, -0.05) is 0 Å². The monoisotopic (exact) mass is 200 g/mol. The highest BCUT2D eigenvalue weighted by Crippen LogP contribution is 2.26. The van der Waals surface area contributed by atoms with Gasteiger partial charge >= 0.3 is 0 Å². The van der Waals surface area contributed by atoms with E-state index in [0.29, 0.717) is 5.82 Å². The summed E-state index contributed by atoms with van der Waals surface area (Å²) < 4.78 is 5.38. The fourth-order valence-electron chi connectivity index (χ4n) is 1.31. The van der Waals surface area contributed by atoms with E-state index >= 15 is 0 Å². The van der Waals surface area contributed by atoms with Crippen LogP contribution in [0.25, 0.3) is 0 Å². The molecule has 2 rings (SSSR count). The third-order valence-corrected chi connectivity index (χ3v) is 2.03. The summed E-state index contributed by atoms with van der Waals surface area (Å²) in [4.78, 5) is 11.6. The van der Waals surface area contributed by atoms with Crippen molar-refractivity contribution in [3.8, 4) is 0 Å². The van der Waals surface area contributed by atoms with Gasteiger partial charge in [-0.15, -0.1) is 0 Å². The first-order valence-corrected chi connectivity index (χ1v) is 4.42. The molecule has 0 aromatic carbocycles. The van der Waals surface area contributed by atoms with E-state index in [4.69, 9.17) is 22.1 Å². The maximum atomic E-state index is 5.63. The number of aromatic nitrogens is 3. The molecule has 0 radical (unpaired) electrons. The third kappa shape index (κ3) is 1.87. The van der Waals surface area contributed by atoms with Crippen molar-refractivity contribution in [2.45, 2.75) is 18.9 Å². The van der Waals surface area contributed by atoms with Gasteiger partial charge in [0.15, 0.2) is 5.82 Å². The number of nitrogens with two attached hydrogens (primary N) is 1. The maximum Gasteiger partial charge on any atom is 0.227 e. The molecule has 5 nitrogen and oxygen atoms in total. The SMILES string of the molecule is Nc1nc(Cl)nc(C2CCCO2)n1. The van der Waals surface area contributed by atoms with Gasteiger partial charge in [0.2, 0.25) is 11.2 Å². The molecular weight excluding hydrogens is 192 g/mol. The van der Waals surface area contributed by atoms with Gasteiger partial charge in [-0.05, 0) is 24.4 Å². The van der Waals surface area contributed by atoms with Crippen LogP contribution in [0.5, 0.6) is 0 Å². The first-order chi connectivity index (χ1) is 6.25. The van der Waals surface area contributed by atoms with Crippen molar-refractivity contribution in [1.29, 1.82) is 0 Å². The first-order valence-electron chi connectivity index (χ1n) is 4.04. The van der Waals surface area contributed by atoms with E-state index in [9.17, 15) is 0 Å². The largest absolute Gasteiger partial charge is 0.370 e. The predicted octanol–water partition coefficient (Wildman–Crippen LogP) is 0.959. The van der Waals surface area contributed by atoms with Crippen LogP contribution in [0, 0.1) is 0 Å². The number of hydrogen-bond acceptors (Lipinski definition) is 5. The van der Waals surface area contributed by atoms with Gasteiger partial charge in [-0.25, -0.2) is 0 Å². The first kappa shape index (κ1) is 8.65. The Balaban J connectivity index is 2.28. The zero-order chi connectivity index (χ0) is 9.26. The Morgan fingerprint density at radius 1 is 1.38 bits per heavy atom. The number of nitrogen functional groups attached to an aromatic ring is 1. The molecule has 1 atom stereocenters. The zero-order valence-corrected chi connectivity index (χ0v) is 7.66. The van der Waals surface area contributed by atoms with Crippen molar-refractivity contribution in [2.24, 2.45) is 0 Å². The number of rotatable bonds is 1. The molecule has 1 aliphatic heterocycles. The zero-order valence-electron chi connectivity index (χ0n) is 6.90. The molecule has 1 saturated heterocycles. The Labute approximate surface area is 80.3 Å². The lowest BCUT2D eigenvalue weighted by atomic mass is 10.2. The van der Waals surface area contributed by atoms with E-state index in [1.165, 1.54) is 0 Å². The quantitative estimate of drug-likeness (QED) is 0.731. The molecule has 1 unspecified atom stereocenters. The summed E-state index contributed by atoms with van der Waals surface area (Å²) in [5.41, 5.74) is 5.42. The summed E-state index contributed by atoms with van der Waals surface area (Å²) in [5, 5.41) is 0.123. The number of halogens is 1. The Hall–Kier alpha value is -0.940. The fraction of sp³-hybridized carbons (Fsp3) is 0.571. The molecule has 0 amide bonds. The molecule has 70 valence electrons. The highest BCUT2D eigenvalue weighted by Gasteiger charge is 2.21. The van der Waals surface area contributed by atoms with E-state index in [1.807, 2.05) is 0 Å². The van der Waals surface area contributed by atoms with Crippen molar-refractivity contribution < 1.29 is 4.74 Å². The minimum Gasteiger partial charge on any atom is -0.370 e. The molecule has 1 aromatic heterocycles. The third-order valence-electron chi connectivity index (χ3n) is 1.86. The van der Waals surface area contributed by atoms with E-state index in [-0.39, 0.29) is 17.3 Å². The molecule has 2 heterocycles. The average Bonchev–Trinajstić information content (AvgIpc) is 2.53. The second-order valence-corrected chi connectivity index (χ2v) is 3.16. The summed E-state index contributed by atoms with van der Waals surface area (Å²) in [6.07, 6.45) is 1.87. The molecule has 6 heteroatoms. The number of hydrogen-bond donors (Lipinski definition) is 1. The van der Waals surface area contributed by atoms with Crippen LogP contribution in [-0.2, 0) is 4.74 Å². The van der Waals surface area contributed by atoms with Gasteiger partial charge in [0.25, 0.3) is 0 Å². The molecule has 0 saturated carbocycles. The standard InChI is InChI=1S/C7H9ClN4O/c8-6-10-5(11-7(9)12-6)4-2-1-3-13-4/h4H,1-3H2,(H2,9,10,11,12). The second-order valence-electron chi connectivity index (χ2n) is 2.82. The van der Waals surface area contributed by atoms with Gasteiger partial charge in [0.05, 0.1) is 0 Å². The summed E-state index contributed by atoms with van der Waals surface area (Å²) >= 11 is 5.63. The lowest BCUT2D eigenvalue weighted by Gasteiger charge is -2.07. The molecule has 13 heavy (non-hydrogen) atoms. The highest BCUT2D eigenvalue weighted by atomic mass is 35.5. The topological polar surface area (TPSA) is 73.9 Å². The van der Waals surface area contributed by atoms with Crippen LogP contribution in [0.4, 0.5) is 5.95 Å². The number of ether oxygens (including phenoxy) is 1. The Morgan fingerprint density at radius 3 is 2.85 bits per heavy atom. The smallest absolute Gasteiger partial charge is 0.227 e. The Morgan fingerprint density at radius 2 is 2.23 bits per heavy atom. The van der Waals surface area contributed by atoms with Crippen molar-refractivity contribution in [3.05, 3.63) is 11.1 Å². The Bertz CT molecular complexity index is 293. The lowest BCUT2D eigenvalue weighted by Crippen LogP contribution is -2.07. The minimum atomic E-state index is -0.0669. The summed E-state index contributed by atoms with van der Waals surface area (Å²) in [5.74, 6) is 0.681. The van der Waals surface area contributed by atoms with Crippen molar-refractivity contribution in [1.82, 2.24) is 15.0 Å². The predicted molar refractivity (Wildman–Crippen MR) is 47.2 cm³/mol. The van der Waals surface area contributed by atoms with Crippen LogP contribution in [-0.4, -0.2) is 21.6 Å². The molecule has 2 N–H and O–H groups in total. The molecular formula is C7H9ClN4O. The van der Waals surface area contributed by atoms with Crippen LogP contribution < -0.4 is 5.73 Å². The van der Waals surface area contributed by atoms with Gasteiger partial charge in [0, 0.05) is 6.61 Å². The second kappa shape index (κ2) is 3.43. The van der Waals surface area contributed by atoms with E-state index in [0.717, 1.165) is 19.4 Å². The van der Waals surface area contributed by atoms with Crippen LogP contribution in [0.3, 0.4) is 0 Å². The molecule has 1 fully saturated rings. The van der Waals surface area contributed by atoms with Crippen molar-refractivity contribution in [2.75, 3.05) is 12.3 Å². The minimum absolute atomic E-state index is 0.0669. The lowest BCUT2D eigenvalue weighted by molar-refractivity contribution is 0.105. The van der Waals surface area contributed by atoms with Gasteiger partial charge in [-0.3, -0.25) is 0 Å². The molecule has 0 bridgehead atoms. The van der Waals surface area contributed by atoms with E-state index < -0.39 is 0 Å². The van der Waals surface area contributed by atoms with Crippen LogP contribution in [0.1, 0.15) is 24.8 Å². The van der Waals surface area contributed by atoms with Crippen molar-refractivity contribution in [3.63, 3.8) is 0 Å². The van der Waals surface area contributed by atoms with E-state index in [2.05, 4.69) is 15.0 Å². The van der Waals surface area contributed by atoms with Crippen molar-refractivity contribution >= 4 is 17.5 Å². The molecule has 1 aromatic rings. The molecule has 0 spiro atoms. The number of anilines is 1. The van der Waals surface area contributed by atoms with Crippen LogP contribution >= 0.6 is 11.6 Å². The number of nitrogens with zero attached hydrogens (tertiary/aromatic N) is 3.